The van der Waals surface area contributed by atoms with E-state index in [0.717, 1.165) is 0 Å². The number of aliphatic carboxylic acids is 1. The van der Waals surface area contributed by atoms with E-state index in [1.807, 2.05) is 0 Å². The van der Waals surface area contributed by atoms with Gasteiger partial charge in [-0.3, -0.25) is 4.79 Å². The molecule has 6 nitrogen and oxygen atoms in total. The summed E-state index contributed by atoms with van der Waals surface area (Å²) in [6.07, 6.45) is 1.41. The second kappa shape index (κ2) is 6.44. The molecule has 0 aromatic heterocycles. The summed E-state index contributed by atoms with van der Waals surface area (Å²) in [6.45, 7) is 3.39. The van der Waals surface area contributed by atoms with E-state index in [-0.39, 0.29) is 24.3 Å². The topological polar surface area (TPSA) is 107 Å². The predicted octanol–water partition coefficient (Wildman–Crippen LogP) is 0.786. The van der Waals surface area contributed by atoms with Crippen molar-refractivity contribution in [3.63, 3.8) is 0 Å². The van der Waals surface area contributed by atoms with Crippen molar-refractivity contribution >= 4 is 11.9 Å². The van der Waals surface area contributed by atoms with Gasteiger partial charge in [0.05, 0.1) is 0 Å². The van der Waals surface area contributed by atoms with Crippen molar-refractivity contribution in [1.82, 2.24) is 5.32 Å². The number of benzene rings is 1. The van der Waals surface area contributed by atoms with Crippen LogP contribution >= 0.6 is 0 Å². The Hall–Kier alpha value is -2.50. The number of hydrogen-bond donors (Lipinski definition) is 4. The Balaban J connectivity index is 2.78. The number of aromatic hydroxyl groups is 2. The van der Waals surface area contributed by atoms with Gasteiger partial charge in [0.1, 0.15) is 6.04 Å². The second-order valence-electron chi connectivity index (χ2n) is 3.98. The molecule has 1 rings (SSSR count). The molecule has 6 heteroatoms. The van der Waals surface area contributed by atoms with Gasteiger partial charge in [-0.05, 0) is 17.7 Å². The summed E-state index contributed by atoms with van der Waals surface area (Å²) < 4.78 is 0. The zero-order chi connectivity index (χ0) is 14.4. The first kappa shape index (κ1) is 14.6. The molecule has 0 fully saturated rings. The lowest BCUT2D eigenvalue weighted by Crippen LogP contribution is -2.42. The summed E-state index contributed by atoms with van der Waals surface area (Å²) in [5, 5.41) is 29.8. The molecule has 0 spiro atoms. The maximum atomic E-state index is 11.3. The van der Waals surface area contributed by atoms with E-state index >= 15 is 0 Å². The number of carbonyl (C=O) groups excluding carboxylic acids is 1. The average molecular weight is 265 g/mol. The van der Waals surface area contributed by atoms with Crippen molar-refractivity contribution in [2.45, 2.75) is 18.9 Å². The molecule has 1 aromatic carbocycles. The van der Waals surface area contributed by atoms with E-state index in [4.69, 9.17) is 10.2 Å². The minimum Gasteiger partial charge on any atom is -0.504 e. The van der Waals surface area contributed by atoms with Crippen LogP contribution < -0.4 is 5.32 Å². The van der Waals surface area contributed by atoms with Crippen LogP contribution in [-0.2, 0) is 16.0 Å². The number of phenols is 2. The number of carboxylic acid groups (broad SMARTS) is 1. The second-order valence-corrected chi connectivity index (χ2v) is 3.98. The molecule has 0 aliphatic heterocycles. The third-order valence-electron chi connectivity index (χ3n) is 2.44. The summed E-state index contributed by atoms with van der Waals surface area (Å²) in [5.41, 5.74) is 0.488. The van der Waals surface area contributed by atoms with Crippen LogP contribution in [0.15, 0.2) is 30.9 Å². The molecule has 1 atom stereocenters. The summed E-state index contributed by atoms with van der Waals surface area (Å²) in [5.74, 6) is -2.24. The fourth-order valence-corrected chi connectivity index (χ4v) is 1.52. The van der Waals surface area contributed by atoms with Crippen LogP contribution in [0.1, 0.15) is 12.0 Å². The first-order valence-corrected chi connectivity index (χ1v) is 5.58. The lowest BCUT2D eigenvalue weighted by atomic mass is 10.1. The fraction of sp³-hybridized carbons (Fsp3) is 0.231. The Bertz CT molecular complexity index is 498. The zero-order valence-corrected chi connectivity index (χ0v) is 10.2. The van der Waals surface area contributed by atoms with Gasteiger partial charge in [0.25, 0.3) is 0 Å². The Morgan fingerprint density at radius 3 is 2.53 bits per heavy atom. The van der Waals surface area contributed by atoms with Gasteiger partial charge < -0.3 is 20.6 Å². The summed E-state index contributed by atoms with van der Waals surface area (Å²) in [6, 6.07) is 2.89. The van der Waals surface area contributed by atoms with Gasteiger partial charge in [-0.15, -0.1) is 6.58 Å². The van der Waals surface area contributed by atoms with Gasteiger partial charge in [-0.1, -0.05) is 12.1 Å². The van der Waals surface area contributed by atoms with Gasteiger partial charge in [0.2, 0.25) is 5.91 Å². The molecular weight excluding hydrogens is 250 g/mol. The predicted molar refractivity (Wildman–Crippen MR) is 67.9 cm³/mol. The van der Waals surface area contributed by atoms with E-state index in [1.165, 1.54) is 24.3 Å². The van der Waals surface area contributed by atoms with Crippen LogP contribution in [0.5, 0.6) is 11.5 Å². The van der Waals surface area contributed by atoms with Crippen LogP contribution in [-0.4, -0.2) is 33.2 Å². The van der Waals surface area contributed by atoms with E-state index in [2.05, 4.69) is 11.9 Å². The lowest BCUT2D eigenvalue weighted by Gasteiger charge is -2.14. The molecule has 0 unspecified atom stereocenters. The van der Waals surface area contributed by atoms with Crippen LogP contribution in [0.4, 0.5) is 0 Å². The van der Waals surface area contributed by atoms with Gasteiger partial charge >= 0.3 is 5.97 Å². The smallest absolute Gasteiger partial charge is 0.326 e. The molecule has 1 aromatic rings. The number of carboxylic acids is 1. The molecule has 0 saturated heterocycles. The first-order chi connectivity index (χ1) is 8.93. The number of phenolic OH excluding ortho intramolecular Hbond substituents is 2. The molecule has 0 aliphatic carbocycles. The first-order valence-electron chi connectivity index (χ1n) is 5.58. The quantitative estimate of drug-likeness (QED) is 0.449. The summed E-state index contributed by atoms with van der Waals surface area (Å²) in [7, 11) is 0. The van der Waals surface area contributed by atoms with Crippen LogP contribution in [0, 0.1) is 0 Å². The Labute approximate surface area is 110 Å². The Morgan fingerprint density at radius 2 is 2.00 bits per heavy atom. The maximum Gasteiger partial charge on any atom is 0.326 e. The molecule has 4 N–H and O–H groups in total. The van der Waals surface area contributed by atoms with E-state index in [1.54, 1.807) is 0 Å². The Morgan fingerprint density at radius 1 is 1.32 bits per heavy atom. The molecular formula is C13H15NO5. The van der Waals surface area contributed by atoms with Crippen LogP contribution in [0.2, 0.25) is 0 Å². The SMILES string of the molecule is C=CCC(=O)N[C@@H](Cc1ccc(O)c(O)c1)C(=O)O. The van der Waals surface area contributed by atoms with Crippen LogP contribution in [0.25, 0.3) is 0 Å². The normalized spacial score (nSPS) is 11.6. The summed E-state index contributed by atoms with van der Waals surface area (Å²) >= 11 is 0. The van der Waals surface area contributed by atoms with Gasteiger partial charge in [-0.25, -0.2) is 4.79 Å². The van der Waals surface area contributed by atoms with E-state index in [0.29, 0.717) is 5.56 Å². The van der Waals surface area contributed by atoms with Crippen molar-refractivity contribution in [2.24, 2.45) is 0 Å². The van der Waals surface area contributed by atoms with Crippen molar-refractivity contribution < 1.29 is 24.9 Å². The van der Waals surface area contributed by atoms with Gasteiger partial charge in [-0.2, -0.15) is 0 Å². The molecule has 0 bridgehead atoms. The molecule has 19 heavy (non-hydrogen) atoms. The molecule has 0 radical (unpaired) electrons. The molecule has 0 saturated carbocycles. The largest absolute Gasteiger partial charge is 0.504 e. The fourth-order valence-electron chi connectivity index (χ4n) is 1.52. The highest BCUT2D eigenvalue weighted by molar-refractivity contribution is 5.84. The molecule has 102 valence electrons. The minimum atomic E-state index is -1.18. The van der Waals surface area contributed by atoms with Gasteiger partial charge in [0, 0.05) is 12.8 Å². The Kier molecular flexibility index (Phi) is 4.93. The number of amides is 1. The van der Waals surface area contributed by atoms with Crippen molar-refractivity contribution in [1.29, 1.82) is 0 Å². The van der Waals surface area contributed by atoms with Crippen molar-refractivity contribution in [3.8, 4) is 11.5 Å². The molecule has 1 amide bonds. The zero-order valence-electron chi connectivity index (χ0n) is 10.2. The average Bonchev–Trinajstić information content (AvgIpc) is 2.33. The van der Waals surface area contributed by atoms with E-state index < -0.39 is 17.9 Å². The number of rotatable bonds is 6. The highest BCUT2D eigenvalue weighted by Crippen LogP contribution is 2.25. The number of nitrogens with one attached hydrogen (secondary N) is 1. The van der Waals surface area contributed by atoms with E-state index in [9.17, 15) is 14.7 Å². The standard InChI is InChI=1S/C13H15NO5/c1-2-3-12(17)14-9(13(18)19)6-8-4-5-10(15)11(16)7-8/h2,4-5,7,9,15-16H,1,3,6H2,(H,14,17)(H,18,19)/t9-/m0/s1. The van der Waals surface area contributed by atoms with Crippen molar-refractivity contribution in [3.05, 3.63) is 36.4 Å². The third-order valence-corrected chi connectivity index (χ3v) is 2.44. The highest BCUT2D eigenvalue weighted by Gasteiger charge is 2.20. The monoisotopic (exact) mass is 265 g/mol. The molecule has 0 aliphatic rings. The maximum absolute atomic E-state index is 11.3. The number of hydrogen-bond acceptors (Lipinski definition) is 4. The highest BCUT2D eigenvalue weighted by atomic mass is 16.4. The number of carbonyl (C=O) groups is 2. The van der Waals surface area contributed by atoms with Gasteiger partial charge in [0.15, 0.2) is 11.5 Å². The summed E-state index contributed by atoms with van der Waals surface area (Å²) in [4.78, 5) is 22.4. The minimum absolute atomic E-state index is 0.00601. The lowest BCUT2D eigenvalue weighted by molar-refractivity contribution is -0.141. The molecule has 0 heterocycles. The van der Waals surface area contributed by atoms with Crippen molar-refractivity contribution in [2.75, 3.05) is 0 Å². The van der Waals surface area contributed by atoms with Crippen LogP contribution in [0.3, 0.4) is 0 Å². The third kappa shape index (κ3) is 4.34.